The molecular weight excluding hydrogens is 384 g/mol. The molecule has 3 amide bonds. The van der Waals surface area contributed by atoms with Crippen molar-refractivity contribution in [2.24, 2.45) is 17.8 Å². The van der Waals surface area contributed by atoms with Crippen LogP contribution in [-0.4, -0.2) is 42.9 Å². The number of methoxy groups -OCH3 is 2. The van der Waals surface area contributed by atoms with E-state index in [1.807, 2.05) is 38.1 Å². The highest BCUT2D eigenvalue weighted by molar-refractivity contribution is 6.08. The van der Waals surface area contributed by atoms with Gasteiger partial charge in [0.1, 0.15) is 6.04 Å². The Labute approximate surface area is 177 Å². The topological polar surface area (TPSA) is 84.9 Å². The summed E-state index contributed by atoms with van der Waals surface area (Å²) in [6.45, 7) is 4.16. The molecule has 1 fully saturated rings. The number of carbonyl (C=O) groups is 3. The van der Waals surface area contributed by atoms with E-state index in [9.17, 15) is 14.4 Å². The third-order valence-corrected chi connectivity index (χ3v) is 5.79. The molecule has 0 spiro atoms. The van der Waals surface area contributed by atoms with E-state index in [1.54, 1.807) is 20.3 Å². The van der Waals surface area contributed by atoms with E-state index < -0.39 is 6.04 Å². The highest BCUT2D eigenvalue weighted by Crippen LogP contribution is 2.37. The van der Waals surface area contributed by atoms with Crippen LogP contribution >= 0.6 is 0 Å². The van der Waals surface area contributed by atoms with E-state index in [2.05, 4.69) is 5.32 Å². The van der Waals surface area contributed by atoms with E-state index in [-0.39, 0.29) is 42.0 Å². The summed E-state index contributed by atoms with van der Waals surface area (Å²) in [7, 11) is 3.10. The molecule has 7 nitrogen and oxygen atoms in total. The maximum Gasteiger partial charge on any atom is 0.243 e. The molecular formula is C23H30N2O5. The zero-order valence-electron chi connectivity index (χ0n) is 18.0. The monoisotopic (exact) mass is 414 g/mol. The summed E-state index contributed by atoms with van der Waals surface area (Å²) in [4.78, 5) is 40.3. The molecule has 0 saturated carbocycles. The Kier molecular flexibility index (Phi) is 6.80. The molecule has 1 aliphatic carbocycles. The van der Waals surface area contributed by atoms with E-state index in [0.29, 0.717) is 30.8 Å². The molecule has 7 heteroatoms. The molecule has 1 aliphatic heterocycles. The Hall–Kier alpha value is -2.83. The number of para-hydroxylation sites is 1. The van der Waals surface area contributed by atoms with Crippen molar-refractivity contribution in [3.05, 3.63) is 35.9 Å². The molecule has 0 bridgehead atoms. The van der Waals surface area contributed by atoms with Crippen molar-refractivity contribution in [1.82, 2.24) is 10.2 Å². The molecule has 0 aromatic heterocycles. The fraction of sp³-hybridized carbons (Fsp3) is 0.522. The van der Waals surface area contributed by atoms with Crippen LogP contribution in [0.3, 0.4) is 0 Å². The average molecular weight is 415 g/mol. The fourth-order valence-corrected chi connectivity index (χ4v) is 4.30. The summed E-state index contributed by atoms with van der Waals surface area (Å²) in [5, 5.41) is 2.89. The number of hydrogen-bond acceptors (Lipinski definition) is 5. The predicted octanol–water partition coefficient (Wildman–Crippen LogP) is 2.69. The lowest BCUT2D eigenvalue weighted by Crippen LogP contribution is -2.50. The zero-order chi connectivity index (χ0) is 21.8. The first-order valence-corrected chi connectivity index (χ1v) is 10.4. The summed E-state index contributed by atoms with van der Waals surface area (Å²) in [6, 6.07) is 4.63. The number of hydrogen-bond donors (Lipinski definition) is 1. The van der Waals surface area contributed by atoms with Gasteiger partial charge in [0.05, 0.1) is 26.1 Å². The second-order valence-electron chi connectivity index (χ2n) is 8.22. The molecule has 0 radical (unpaired) electrons. The van der Waals surface area contributed by atoms with E-state index >= 15 is 0 Å². The van der Waals surface area contributed by atoms with E-state index in [4.69, 9.17) is 9.47 Å². The van der Waals surface area contributed by atoms with Gasteiger partial charge < -0.3 is 14.8 Å². The Morgan fingerprint density at radius 2 is 1.73 bits per heavy atom. The van der Waals surface area contributed by atoms with Gasteiger partial charge in [0.15, 0.2) is 11.5 Å². The number of nitrogens with one attached hydrogen (secondary N) is 1. The van der Waals surface area contributed by atoms with Gasteiger partial charge in [-0.05, 0) is 31.2 Å². The van der Waals surface area contributed by atoms with E-state index in [0.717, 1.165) is 5.56 Å². The summed E-state index contributed by atoms with van der Waals surface area (Å²) in [6.07, 6.45) is 5.43. The van der Waals surface area contributed by atoms with Crippen LogP contribution in [0.15, 0.2) is 30.4 Å². The van der Waals surface area contributed by atoms with Gasteiger partial charge in [-0.3, -0.25) is 19.3 Å². The number of carbonyl (C=O) groups excluding carboxylic acids is 3. The minimum Gasteiger partial charge on any atom is -0.493 e. The maximum absolute atomic E-state index is 13.1. The van der Waals surface area contributed by atoms with Gasteiger partial charge >= 0.3 is 0 Å². The van der Waals surface area contributed by atoms with Crippen LogP contribution in [0.25, 0.3) is 0 Å². The molecule has 162 valence electrons. The normalized spacial score (nSPS) is 21.6. The van der Waals surface area contributed by atoms with Crippen molar-refractivity contribution in [3.8, 4) is 11.5 Å². The summed E-state index contributed by atoms with van der Waals surface area (Å²) in [5.74, 6) is -0.207. The number of allylic oxidation sites excluding steroid dienone is 2. The zero-order valence-corrected chi connectivity index (χ0v) is 18.0. The molecule has 1 aromatic rings. The smallest absolute Gasteiger partial charge is 0.243 e. The third kappa shape index (κ3) is 4.20. The number of ether oxygens (including phenoxy) is 2. The lowest BCUT2D eigenvalue weighted by atomic mass is 9.85. The Bertz CT molecular complexity index is 822. The van der Waals surface area contributed by atoms with Crippen LogP contribution < -0.4 is 14.8 Å². The maximum atomic E-state index is 13.1. The minimum absolute atomic E-state index is 0.147. The number of rotatable bonds is 8. The lowest BCUT2D eigenvalue weighted by Gasteiger charge is -2.27. The summed E-state index contributed by atoms with van der Waals surface area (Å²) >= 11 is 0. The van der Waals surface area contributed by atoms with Crippen LogP contribution in [0.1, 0.15) is 38.7 Å². The van der Waals surface area contributed by atoms with Crippen molar-refractivity contribution < 1.29 is 23.9 Å². The van der Waals surface area contributed by atoms with Gasteiger partial charge in [0, 0.05) is 12.1 Å². The highest BCUT2D eigenvalue weighted by atomic mass is 16.5. The Morgan fingerprint density at radius 3 is 2.27 bits per heavy atom. The molecule has 1 heterocycles. The van der Waals surface area contributed by atoms with Crippen molar-refractivity contribution in [2.45, 2.75) is 45.7 Å². The number of fused-ring (bicyclic) bond motifs is 1. The second kappa shape index (κ2) is 9.32. The number of likely N-dealkylation sites (tertiary alicyclic amines) is 1. The van der Waals surface area contributed by atoms with Gasteiger partial charge in [-0.2, -0.15) is 0 Å². The minimum atomic E-state index is -0.813. The summed E-state index contributed by atoms with van der Waals surface area (Å²) < 4.78 is 10.7. The highest BCUT2D eigenvalue weighted by Gasteiger charge is 2.51. The Morgan fingerprint density at radius 1 is 1.10 bits per heavy atom. The molecule has 1 aromatic carbocycles. The number of imide groups is 1. The quantitative estimate of drug-likeness (QED) is 0.522. The van der Waals surface area contributed by atoms with Crippen molar-refractivity contribution in [2.75, 3.05) is 14.2 Å². The predicted molar refractivity (Wildman–Crippen MR) is 112 cm³/mol. The second-order valence-corrected chi connectivity index (χ2v) is 8.22. The molecule has 1 saturated heterocycles. The van der Waals surface area contributed by atoms with Crippen LogP contribution in [0.2, 0.25) is 0 Å². The summed E-state index contributed by atoms with van der Waals surface area (Å²) in [5.41, 5.74) is 0.755. The van der Waals surface area contributed by atoms with Gasteiger partial charge in [-0.15, -0.1) is 0 Å². The van der Waals surface area contributed by atoms with Crippen molar-refractivity contribution >= 4 is 17.7 Å². The SMILES string of the molecule is COc1cccc(CNC(=O)C(CC(C)C)N2C(=O)C3CC=CCC3C2=O)c1OC. The van der Waals surface area contributed by atoms with Crippen LogP contribution in [-0.2, 0) is 20.9 Å². The number of amides is 3. The molecule has 30 heavy (non-hydrogen) atoms. The van der Waals surface area contributed by atoms with Crippen molar-refractivity contribution in [3.63, 3.8) is 0 Å². The number of nitrogens with zero attached hydrogens (tertiary/aromatic N) is 1. The van der Waals surface area contributed by atoms with Gasteiger partial charge in [-0.1, -0.05) is 38.1 Å². The van der Waals surface area contributed by atoms with Gasteiger partial charge in [0.25, 0.3) is 0 Å². The fourth-order valence-electron chi connectivity index (χ4n) is 4.30. The molecule has 3 unspecified atom stereocenters. The van der Waals surface area contributed by atoms with Crippen molar-refractivity contribution in [1.29, 1.82) is 0 Å². The first kappa shape index (κ1) is 21.9. The van der Waals surface area contributed by atoms with E-state index in [1.165, 1.54) is 4.90 Å². The molecule has 1 N–H and O–H groups in total. The van der Waals surface area contributed by atoms with Crippen LogP contribution in [0.5, 0.6) is 11.5 Å². The first-order valence-electron chi connectivity index (χ1n) is 10.4. The largest absolute Gasteiger partial charge is 0.493 e. The number of benzene rings is 1. The molecule has 2 aliphatic rings. The third-order valence-electron chi connectivity index (χ3n) is 5.79. The Balaban J connectivity index is 1.79. The average Bonchev–Trinajstić information content (AvgIpc) is 3.00. The molecule has 3 atom stereocenters. The standard InChI is InChI=1S/C23H30N2O5/c1-14(2)12-18(25-22(27)16-9-5-6-10-17(16)23(25)28)21(26)24-13-15-8-7-11-19(29-3)20(15)30-4/h5-8,11,14,16-18H,9-10,12-13H2,1-4H3,(H,24,26). The van der Waals surface area contributed by atoms with Crippen LogP contribution in [0.4, 0.5) is 0 Å². The van der Waals surface area contributed by atoms with Crippen LogP contribution in [0, 0.1) is 17.8 Å². The van der Waals surface area contributed by atoms with Gasteiger partial charge in [0.2, 0.25) is 17.7 Å². The first-order chi connectivity index (χ1) is 14.4. The lowest BCUT2D eigenvalue weighted by molar-refractivity contribution is -0.148. The van der Waals surface area contributed by atoms with Gasteiger partial charge in [-0.25, -0.2) is 0 Å². The molecule has 3 rings (SSSR count).